The molecule has 0 atom stereocenters. The fourth-order valence-corrected chi connectivity index (χ4v) is 1.95. The molecule has 0 heterocycles. The highest BCUT2D eigenvalue weighted by Gasteiger charge is 2.35. The van der Waals surface area contributed by atoms with E-state index >= 15 is 0 Å². The Morgan fingerprint density at radius 3 is 2.65 bits per heavy atom. The Labute approximate surface area is 116 Å². The maximum absolute atomic E-state index is 12.4. The highest BCUT2D eigenvalue weighted by atomic mass is 16.5. The van der Waals surface area contributed by atoms with E-state index in [0.29, 0.717) is 0 Å². The first-order valence-electron chi connectivity index (χ1n) is 6.51. The zero-order valence-corrected chi connectivity index (χ0v) is 11.2. The Morgan fingerprint density at radius 2 is 2.05 bits per heavy atom. The lowest BCUT2D eigenvalue weighted by Gasteiger charge is -2.21. The maximum Gasteiger partial charge on any atom is 0.325 e. The Kier molecular flexibility index (Phi) is 4.12. The van der Waals surface area contributed by atoms with Gasteiger partial charge in [-0.15, -0.1) is 0 Å². The minimum Gasteiger partial charge on any atom is -0.508 e. The number of esters is 1. The third kappa shape index (κ3) is 3.20. The van der Waals surface area contributed by atoms with Crippen LogP contribution in [-0.2, 0) is 9.53 Å². The topological polar surface area (TPSA) is 87.1 Å². The highest BCUT2D eigenvalue weighted by Crippen LogP contribution is 2.31. The van der Waals surface area contributed by atoms with Crippen molar-refractivity contribution < 1.29 is 24.5 Å². The predicted octanol–water partition coefficient (Wildman–Crippen LogP) is 1.27. The van der Waals surface area contributed by atoms with Crippen molar-refractivity contribution in [3.63, 3.8) is 0 Å². The van der Waals surface area contributed by atoms with Gasteiger partial charge in [0, 0.05) is 6.04 Å². The summed E-state index contributed by atoms with van der Waals surface area (Å²) in [6.45, 7) is 1.80. The molecule has 0 aromatic heterocycles. The lowest BCUT2D eigenvalue weighted by Crippen LogP contribution is -2.38. The molecule has 1 aromatic rings. The third-order valence-corrected chi connectivity index (χ3v) is 3.06. The lowest BCUT2D eigenvalue weighted by molar-refractivity contribution is -0.144. The fraction of sp³-hybridized carbons (Fsp3) is 0.429. The molecule has 20 heavy (non-hydrogen) atoms. The summed E-state index contributed by atoms with van der Waals surface area (Å²) in [6.07, 6.45) is 1.65. The van der Waals surface area contributed by atoms with Gasteiger partial charge in [-0.05, 0) is 38.0 Å². The van der Waals surface area contributed by atoms with Crippen molar-refractivity contribution in [3.8, 4) is 11.5 Å². The van der Waals surface area contributed by atoms with E-state index < -0.39 is 11.9 Å². The van der Waals surface area contributed by atoms with Crippen LogP contribution in [0.25, 0.3) is 0 Å². The maximum atomic E-state index is 12.4. The Morgan fingerprint density at radius 1 is 1.35 bits per heavy atom. The highest BCUT2D eigenvalue weighted by molar-refractivity contribution is 5.99. The second-order valence-corrected chi connectivity index (χ2v) is 4.67. The molecule has 108 valence electrons. The molecule has 0 aliphatic heterocycles. The zero-order chi connectivity index (χ0) is 14.7. The van der Waals surface area contributed by atoms with Crippen molar-refractivity contribution in [3.05, 3.63) is 23.8 Å². The number of ether oxygens (including phenoxy) is 1. The molecule has 2 rings (SSSR count). The number of amides is 1. The van der Waals surface area contributed by atoms with Crippen LogP contribution in [0.1, 0.15) is 30.1 Å². The number of benzene rings is 1. The van der Waals surface area contributed by atoms with Crippen molar-refractivity contribution >= 4 is 11.9 Å². The van der Waals surface area contributed by atoms with Gasteiger partial charge in [-0.2, -0.15) is 0 Å². The van der Waals surface area contributed by atoms with E-state index in [2.05, 4.69) is 0 Å². The number of phenolic OH excluding ortho intramolecular Hbond substituents is 2. The van der Waals surface area contributed by atoms with Crippen LogP contribution in [-0.4, -0.2) is 46.2 Å². The molecular formula is C14H17NO5. The number of aromatic hydroxyl groups is 2. The van der Waals surface area contributed by atoms with Crippen LogP contribution in [0.5, 0.6) is 11.5 Å². The average Bonchev–Trinajstić information content (AvgIpc) is 3.23. The van der Waals surface area contributed by atoms with Gasteiger partial charge in [-0.25, -0.2) is 0 Å². The quantitative estimate of drug-likeness (QED) is 0.626. The van der Waals surface area contributed by atoms with Gasteiger partial charge in [0.2, 0.25) is 0 Å². The third-order valence-electron chi connectivity index (χ3n) is 3.06. The van der Waals surface area contributed by atoms with Crippen LogP contribution in [0.15, 0.2) is 18.2 Å². The van der Waals surface area contributed by atoms with E-state index in [9.17, 15) is 19.8 Å². The minimum absolute atomic E-state index is 0.00587. The van der Waals surface area contributed by atoms with Crippen molar-refractivity contribution in [2.75, 3.05) is 13.2 Å². The molecule has 0 radical (unpaired) electrons. The summed E-state index contributed by atoms with van der Waals surface area (Å²) in [5.41, 5.74) is -0.0128. The molecule has 0 saturated heterocycles. The number of rotatable bonds is 5. The zero-order valence-electron chi connectivity index (χ0n) is 11.2. The summed E-state index contributed by atoms with van der Waals surface area (Å²) in [6, 6.07) is 3.73. The SMILES string of the molecule is CCOC(=O)CN(C(=O)c1cc(O)ccc1O)C1CC1. The van der Waals surface area contributed by atoms with E-state index in [-0.39, 0.29) is 36.3 Å². The minimum atomic E-state index is -0.479. The van der Waals surface area contributed by atoms with E-state index in [0.717, 1.165) is 12.8 Å². The normalized spacial score (nSPS) is 13.8. The number of nitrogens with zero attached hydrogens (tertiary/aromatic N) is 1. The molecule has 1 aromatic carbocycles. The molecule has 0 unspecified atom stereocenters. The van der Waals surface area contributed by atoms with Gasteiger partial charge in [0.15, 0.2) is 0 Å². The average molecular weight is 279 g/mol. The van der Waals surface area contributed by atoms with Crippen molar-refractivity contribution in [1.82, 2.24) is 4.90 Å². The van der Waals surface area contributed by atoms with Crippen LogP contribution in [0, 0.1) is 0 Å². The van der Waals surface area contributed by atoms with Gasteiger partial charge in [0.05, 0.1) is 12.2 Å². The number of carbonyl (C=O) groups is 2. The molecule has 1 aliphatic carbocycles. The molecule has 0 spiro atoms. The Balaban J connectivity index is 2.18. The summed E-state index contributed by atoms with van der Waals surface area (Å²) < 4.78 is 4.85. The second kappa shape index (κ2) is 5.81. The fourth-order valence-electron chi connectivity index (χ4n) is 1.95. The van der Waals surface area contributed by atoms with Gasteiger partial charge in [0.1, 0.15) is 18.0 Å². The van der Waals surface area contributed by atoms with Crippen LogP contribution in [0.3, 0.4) is 0 Å². The predicted molar refractivity (Wildman–Crippen MR) is 70.5 cm³/mol. The molecule has 1 saturated carbocycles. The van der Waals surface area contributed by atoms with E-state index in [1.54, 1.807) is 6.92 Å². The summed E-state index contributed by atoms with van der Waals surface area (Å²) in [7, 11) is 0. The molecule has 1 fully saturated rings. The lowest BCUT2D eigenvalue weighted by atomic mass is 10.1. The first-order valence-corrected chi connectivity index (χ1v) is 6.51. The van der Waals surface area contributed by atoms with Crippen LogP contribution in [0.4, 0.5) is 0 Å². The van der Waals surface area contributed by atoms with E-state index in [4.69, 9.17) is 4.74 Å². The Bertz CT molecular complexity index is 524. The van der Waals surface area contributed by atoms with Gasteiger partial charge < -0.3 is 19.8 Å². The van der Waals surface area contributed by atoms with E-state index in [1.165, 1.54) is 23.1 Å². The monoisotopic (exact) mass is 279 g/mol. The largest absolute Gasteiger partial charge is 0.508 e. The number of phenols is 2. The molecule has 2 N–H and O–H groups in total. The number of hydrogen-bond donors (Lipinski definition) is 2. The molecule has 6 heteroatoms. The molecule has 1 amide bonds. The molecular weight excluding hydrogens is 262 g/mol. The summed E-state index contributed by atoms with van der Waals surface area (Å²) in [5, 5.41) is 19.1. The standard InChI is InChI=1S/C14H17NO5/c1-2-20-13(18)8-15(9-3-4-9)14(19)11-7-10(16)5-6-12(11)17/h5-7,9,16-17H,2-4,8H2,1H3. The van der Waals surface area contributed by atoms with Gasteiger partial charge in [0.25, 0.3) is 5.91 Å². The van der Waals surface area contributed by atoms with Gasteiger partial charge in [-0.3, -0.25) is 9.59 Å². The number of carbonyl (C=O) groups excluding carboxylic acids is 2. The summed E-state index contributed by atoms with van der Waals surface area (Å²) in [4.78, 5) is 25.3. The first-order chi connectivity index (χ1) is 9.52. The summed E-state index contributed by atoms with van der Waals surface area (Å²) >= 11 is 0. The van der Waals surface area contributed by atoms with Gasteiger partial charge in [-0.1, -0.05) is 0 Å². The van der Waals surface area contributed by atoms with Crippen LogP contribution in [0.2, 0.25) is 0 Å². The van der Waals surface area contributed by atoms with Crippen molar-refractivity contribution in [2.24, 2.45) is 0 Å². The van der Waals surface area contributed by atoms with Crippen molar-refractivity contribution in [2.45, 2.75) is 25.8 Å². The molecule has 0 bridgehead atoms. The Hall–Kier alpha value is -2.24. The van der Waals surface area contributed by atoms with Gasteiger partial charge >= 0.3 is 5.97 Å². The molecule has 1 aliphatic rings. The number of hydrogen-bond acceptors (Lipinski definition) is 5. The van der Waals surface area contributed by atoms with Crippen LogP contribution < -0.4 is 0 Å². The first kappa shape index (κ1) is 14.2. The van der Waals surface area contributed by atoms with Crippen molar-refractivity contribution in [1.29, 1.82) is 0 Å². The molecule has 6 nitrogen and oxygen atoms in total. The van der Waals surface area contributed by atoms with Crippen LogP contribution >= 0.6 is 0 Å². The smallest absolute Gasteiger partial charge is 0.325 e. The second-order valence-electron chi connectivity index (χ2n) is 4.67. The summed E-state index contributed by atoms with van der Waals surface area (Å²) in [5.74, 6) is -1.29. The van der Waals surface area contributed by atoms with E-state index in [1.807, 2.05) is 0 Å².